The molecule has 0 aromatic carbocycles. The number of aromatic nitrogens is 1. The summed E-state index contributed by atoms with van der Waals surface area (Å²) < 4.78 is 10.6. The first kappa shape index (κ1) is 19.3. The second-order valence-corrected chi connectivity index (χ2v) is 5.81. The molecular formula is C14H23IN4O2S. The number of aliphatic imine (C=N–C) groups is 1. The molecule has 1 aromatic rings. The Morgan fingerprint density at radius 3 is 2.91 bits per heavy atom. The SMILES string of the molecule is COCCOc1ncccc1CN=C(N)N1CCSCC1.I. The van der Waals surface area contributed by atoms with E-state index in [-0.39, 0.29) is 24.0 Å². The smallest absolute Gasteiger partial charge is 0.218 e. The van der Waals surface area contributed by atoms with Gasteiger partial charge in [-0.15, -0.1) is 24.0 Å². The lowest BCUT2D eigenvalue weighted by atomic mass is 10.3. The van der Waals surface area contributed by atoms with Gasteiger partial charge >= 0.3 is 0 Å². The first-order valence-corrected chi connectivity index (χ1v) is 8.15. The molecule has 6 nitrogen and oxygen atoms in total. The van der Waals surface area contributed by atoms with Gasteiger partial charge in [-0.25, -0.2) is 9.98 Å². The standard InChI is InChI=1S/C14H22N4O2S.HI/c1-19-7-8-20-13-12(3-2-4-16-13)11-17-14(15)18-5-9-21-10-6-18;/h2-4H,5-11H2,1H3,(H2,15,17);1H. The Morgan fingerprint density at radius 1 is 1.41 bits per heavy atom. The normalized spacial score (nSPS) is 15.3. The van der Waals surface area contributed by atoms with Crippen LogP contribution in [0, 0.1) is 0 Å². The largest absolute Gasteiger partial charge is 0.475 e. The number of methoxy groups -OCH3 is 1. The summed E-state index contributed by atoms with van der Waals surface area (Å²) in [4.78, 5) is 10.8. The molecule has 0 amide bonds. The number of hydrogen-bond acceptors (Lipinski definition) is 5. The molecule has 8 heteroatoms. The van der Waals surface area contributed by atoms with Gasteiger partial charge in [-0.1, -0.05) is 6.07 Å². The number of halogens is 1. The molecule has 0 spiro atoms. The number of rotatable bonds is 6. The summed E-state index contributed by atoms with van der Waals surface area (Å²) in [7, 11) is 1.64. The molecule has 124 valence electrons. The van der Waals surface area contributed by atoms with Gasteiger partial charge in [0.25, 0.3) is 0 Å². The van der Waals surface area contributed by atoms with Gasteiger partial charge in [-0.2, -0.15) is 11.8 Å². The van der Waals surface area contributed by atoms with Crippen LogP contribution in [0.1, 0.15) is 5.56 Å². The van der Waals surface area contributed by atoms with Gasteiger partial charge in [0.1, 0.15) is 6.61 Å². The minimum atomic E-state index is 0. The molecule has 1 fully saturated rings. The first-order chi connectivity index (χ1) is 10.3. The summed E-state index contributed by atoms with van der Waals surface area (Å²) in [6.45, 7) is 3.41. The quantitative estimate of drug-likeness (QED) is 0.315. The van der Waals surface area contributed by atoms with Crippen molar-refractivity contribution in [3.63, 3.8) is 0 Å². The van der Waals surface area contributed by atoms with Crippen LogP contribution in [0.2, 0.25) is 0 Å². The summed E-state index contributed by atoms with van der Waals surface area (Å²) in [5.41, 5.74) is 6.99. The van der Waals surface area contributed by atoms with Crippen LogP contribution in [0.5, 0.6) is 5.88 Å². The van der Waals surface area contributed by atoms with Crippen molar-refractivity contribution in [3.8, 4) is 5.88 Å². The molecule has 1 aliphatic heterocycles. The Kier molecular flexibility index (Phi) is 9.56. The zero-order chi connectivity index (χ0) is 14.9. The van der Waals surface area contributed by atoms with Crippen LogP contribution < -0.4 is 10.5 Å². The number of pyridine rings is 1. The molecule has 0 unspecified atom stereocenters. The fourth-order valence-corrected chi connectivity index (χ4v) is 2.86. The number of thioether (sulfide) groups is 1. The zero-order valence-electron chi connectivity index (χ0n) is 12.7. The van der Waals surface area contributed by atoms with Crippen LogP contribution in [0.25, 0.3) is 0 Å². The molecule has 2 rings (SSSR count). The van der Waals surface area contributed by atoms with E-state index in [2.05, 4.69) is 14.9 Å². The maximum Gasteiger partial charge on any atom is 0.218 e. The van der Waals surface area contributed by atoms with Crippen molar-refractivity contribution in [1.82, 2.24) is 9.88 Å². The van der Waals surface area contributed by atoms with Crippen molar-refractivity contribution < 1.29 is 9.47 Å². The van der Waals surface area contributed by atoms with Gasteiger partial charge in [-0.05, 0) is 6.07 Å². The van der Waals surface area contributed by atoms with Crippen molar-refractivity contribution in [3.05, 3.63) is 23.9 Å². The van der Waals surface area contributed by atoms with Crippen LogP contribution in [0.15, 0.2) is 23.3 Å². The zero-order valence-corrected chi connectivity index (χ0v) is 15.9. The van der Waals surface area contributed by atoms with Crippen LogP contribution in [-0.4, -0.2) is 60.8 Å². The molecule has 0 radical (unpaired) electrons. The Hall–Kier alpha value is -0.740. The van der Waals surface area contributed by atoms with E-state index in [0.29, 0.717) is 31.6 Å². The lowest BCUT2D eigenvalue weighted by molar-refractivity contribution is 0.143. The molecule has 1 saturated heterocycles. The molecule has 22 heavy (non-hydrogen) atoms. The Balaban J connectivity index is 0.00000242. The fraction of sp³-hybridized carbons (Fsp3) is 0.571. The monoisotopic (exact) mass is 438 g/mol. The average molecular weight is 438 g/mol. The molecular weight excluding hydrogens is 415 g/mol. The highest BCUT2D eigenvalue weighted by Gasteiger charge is 2.12. The lowest BCUT2D eigenvalue weighted by Gasteiger charge is -2.27. The van der Waals surface area contributed by atoms with Crippen molar-refractivity contribution in [2.75, 3.05) is 44.9 Å². The van der Waals surface area contributed by atoms with Crippen LogP contribution in [-0.2, 0) is 11.3 Å². The van der Waals surface area contributed by atoms with E-state index in [1.54, 1.807) is 13.3 Å². The summed E-state index contributed by atoms with van der Waals surface area (Å²) in [5.74, 6) is 3.41. The summed E-state index contributed by atoms with van der Waals surface area (Å²) in [6.07, 6.45) is 1.71. The van der Waals surface area contributed by atoms with Crippen LogP contribution in [0.4, 0.5) is 0 Å². The highest BCUT2D eigenvalue weighted by Crippen LogP contribution is 2.16. The lowest BCUT2D eigenvalue weighted by Crippen LogP contribution is -2.42. The number of nitrogens with zero attached hydrogens (tertiary/aromatic N) is 3. The van der Waals surface area contributed by atoms with E-state index in [4.69, 9.17) is 15.2 Å². The number of hydrogen-bond donors (Lipinski definition) is 1. The minimum absolute atomic E-state index is 0. The predicted octanol–water partition coefficient (Wildman–Crippen LogP) is 1.59. The summed E-state index contributed by atoms with van der Waals surface area (Å²) in [5, 5.41) is 0. The fourth-order valence-electron chi connectivity index (χ4n) is 1.95. The van der Waals surface area contributed by atoms with E-state index in [1.165, 1.54) is 0 Å². The molecule has 2 N–H and O–H groups in total. The number of guanidine groups is 1. The Bertz CT molecular complexity index is 470. The van der Waals surface area contributed by atoms with E-state index in [9.17, 15) is 0 Å². The second kappa shape index (κ2) is 10.9. The number of ether oxygens (including phenoxy) is 2. The Morgan fingerprint density at radius 2 is 2.18 bits per heavy atom. The molecule has 0 atom stereocenters. The average Bonchev–Trinajstić information content (AvgIpc) is 2.54. The first-order valence-electron chi connectivity index (χ1n) is 6.99. The van der Waals surface area contributed by atoms with Gasteiger partial charge in [0.05, 0.1) is 13.2 Å². The van der Waals surface area contributed by atoms with Crippen LogP contribution >= 0.6 is 35.7 Å². The predicted molar refractivity (Wildman–Crippen MR) is 101 cm³/mol. The van der Waals surface area contributed by atoms with E-state index in [1.807, 2.05) is 23.9 Å². The van der Waals surface area contributed by atoms with Gasteiger partial charge in [0.2, 0.25) is 5.88 Å². The summed E-state index contributed by atoms with van der Waals surface area (Å²) >= 11 is 1.95. The molecule has 0 bridgehead atoms. The third-order valence-corrected chi connectivity index (χ3v) is 4.07. The molecule has 1 aromatic heterocycles. The molecule has 0 saturated carbocycles. The topological polar surface area (TPSA) is 73.0 Å². The van der Waals surface area contributed by atoms with Gasteiger partial charge < -0.3 is 20.1 Å². The minimum Gasteiger partial charge on any atom is -0.475 e. The molecule has 1 aliphatic rings. The highest BCUT2D eigenvalue weighted by molar-refractivity contribution is 14.0. The molecule has 2 heterocycles. The maximum absolute atomic E-state index is 6.05. The van der Waals surface area contributed by atoms with Gasteiger partial charge in [0, 0.05) is 43.5 Å². The third-order valence-electron chi connectivity index (χ3n) is 3.12. The van der Waals surface area contributed by atoms with E-state index in [0.717, 1.165) is 30.2 Å². The van der Waals surface area contributed by atoms with Gasteiger partial charge in [0.15, 0.2) is 5.96 Å². The Labute approximate surface area is 152 Å². The van der Waals surface area contributed by atoms with Gasteiger partial charge in [-0.3, -0.25) is 0 Å². The van der Waals surface area contributed by atoms with Crippen molar-refractivity contribution in [2.24, 2.45) is 10.7 Å². The second-order valence-electron chi connectivity index (χ2n) is 4.58. The molecule has 0 aliphatic carbocycles. The maximum atomic E-state index is 6.05. The number of nitrogens with two attached hydrogens (primary N) is 1. The van der Waals surface area contributed by atoms with Crippen molar-refractivity contribution >= 4 is 41.7 Å². The van der Waals surface area contributed by atoms with Crippen molar-refractivity contribution in [1.29, 1.82) is 0 Å². The van der Waals surface area contributed by atoms with Crippen molar-refractivity contribution in [2.45, 2.75) is 6.54 Å². The third kappa shape index (κ3) is 6.17. The highest BCUT2D eigenvalue weighted by atomic mass is 127. The summed E-state index contributed by atoms with van der Waals surface area (Å²) in [6, 6.07) is 3.83. The van der Waals surface area contributed by atoms with Crippen LogP contribution in [0.3, 0.4) is 0 Å². The van der Waals surface area contributed by atoms with E-state index < -0.39 is 0 Å². The van der Waals surface area contributed by atoms with E-state index >= 15 is 0 Å².